The van der Waals surface area contributed by atoms with E-state index in [9.17, 15) is 0 Å². The molecule has 0 aromatic carbocycles. The van der Waals surface area contributed by atoms with Gasteiger partial charge in [-0.2, -0.15) is 19.9 Å². The number of hydrogen-bond acceptors (Lipinski definition) is 16. The molecule has 0 spiro atoms. The minimum absolute atomic E-state index is 0.155. The molecule has 0 aliphatic carbocycles. The third kappa shape index (κ3) is 5.07. The molecule has 1 aliphatic rings. The van der Waals surface area contributed by atoms with Crippen molar-refractivity contribution >= 4 is 6.34 Å². The fourth-order valence-corrected chi connectivity index (χ4v) is 3.53. The summed E-state index contributed by atoms with van der Waals surface area (Å²) in [5.74, 6) is 0.564. The number of rotatable bonds is 12. The molecule has 3 unspecified atom stereocenters. The van der Waals surface area contributed by atoms with Crippen LogP contribution >= 0.6 is 0 Å². The summed E-state index contributed by atoms with van der Waals surface area (Å²) >= 11 is 0. The Bertz CT molecular complexity index is 1090. The average molecular weight is 456 g/mol. The Kier molecular flexibility index (Phi) is 6.34. The van der Waals surface area contributed by atoms with E-state index in [0.29, 0.717) is 37.5 Å². The number of aryl methyl sites for hydroxylation is 1. The summed E-state index contributed by atoms with van der Waals surface area (Å²) in [6.07, 6.45) is 9.11. The zero-order valence-electron chi connectivity index (χ0n) is 16.9. The zero-order valence-corrected chi connectivity index (χ0v) is 16.9. The van der Waals surface area contributed by atoms with Crippen molar-refractivity contribution in [3.63, 3.8) is 0 Å². The summed E-state index contributed by atoms with van der Waals surface area (Å²) in [5, 5.41) is 15.7. The van der Waals surface area contributed by atoms with Gasteiger partial charge in [0.2, 0.25) is 30.7 Å². The Balaban J connectivity index is 1.46. The maximum Gasteiger partial charge on any atom is 0.259 e. The van der Waals surface area contributed by atoms with Crippen LogP contribution in [0.3, 0.4) is 0 Å². The second kappa shape index (κ2) is 10.0. The van der Waals surface area contributed by atoms with Gasteiger partial charge in [0, 0.05) is 12.8 Å². The van der Waals surface area contributed by atoms with E-state index in [4.69, 9.17) is 27.8 Å². The summed E-state index contributed by atoms with van der Waals surface area (Å²) in [6.45, 7) is 1.16. The van der Waals surface area contributed by atoms with Crippen molar-refractivity contribution in [1.82, 2.24) is 45.8 Å². The first kappa shape index (κ1) is 20.8. The third-order valence-corrected chi connectivity index (χ3v) is 4.88. The van der Waals surface area contributed by atoms with E-state index < -0.39 is 12.0 Å². The Hall–Kier alpha value is -4.05. The predicted molar refractivity (Wildman–Crippen MR) is 98.6 cm³/mol. The summed E-state index contributed by atoms with van der Waals surface area (Å²) in [7, 11) is 0. The number of aromatic nitrogens is 8. The Morgan fingerprint density at radius 1 is 0.848 bits per heavy atom. The van der Waals surface area contributed by atoms with Crippen molar-refractivity contribution in [1.29, 1.82) is 0 Å². The lowest BCUT2D eigenvalue weighted by Gasteiger charge is -2.29. The maximum absolute atomic E-state index is 5.94. The maximum atomic E-state index is 5.94. The first-order valence-corrected chi connectivity index (χ1v) is 9.82. The van der Waals surface area contributed by atoms with E-state index in [1.165, 1.54) is 25.3 Å². The number of hydrogen-bond donors (Lipinski definition) is 0. The molecule has 170 valence electrons. The molecule has 0 saturated carbocycles. The van der Waals surface area contributed by atoms with Crippen LogP contribution in [0, 0.1) is 12.6 Å². The molecule has 4 aromatic heterocycles. The highest BCUT2D eigenvalue weighted by molar-refractivity contribution is 5.53. The van der Waals surface area contributed by atoms with E-state index in [2.05, 4.69) is 51.9 Å². The van der Waals surface area contributed by atoms with Crippen LogP contribution in [0.1, 0.15) is 48.4 Å². The minimum atomic E-state index is -0.904. The molecule has 0 saturated heterocycles. The molecular weight excluding hydrogens is 440 g/mol. The molecule has 16 nitrogen and oxygen atoms in total. The van der Waals surface area contributed by atoms with Gasteiger partial charge in [0.25, 0.3) is 5.89 Å². The van der Waals surface area contributed by atoms with Crippen molar-refractivity contribution in [2.45, 2.75) is 37.7 Å². The molecule has 5 rings (SSSR count). The van der Waals surface area contributed by atoms with Crippen LogP contribution in [0.2, 0.25) is 0 Å². The van der Waals surface area contributed by atoms with Crippen molar-refractivity contribution in [2.75, 3.05) is 0 Å². The second-order valence-electron chi connectivity index (χ2n) is 6.83. The SMILES string of the molecule is [C]1=N[CH]ON1OC(c1ncno1)C(c1ncno1)C(CCCc1ncno1)Cc1ncno1. The van der Waals surface area contributed by atoms with Gasteiger partial charge in [-0.3, -0.25) is 0 Å². The lowest BCUT2D eigenvalue weighted by atomic mass is 9.81. The predicted octanol–water partition coefficient (Wildman–Crippen LogP) is 1.13. The molecule has 5 heterocycles. The Morgan fingerprint density at radius 3 is 2.18 bits per heavy atom. The Labute approximate surface area is 184 Å². The number of nitrogens with zero attached hydrogens (tertiary/aromatic N) is 10. The smallest absolute Gasteiger partial charge is 0.259 e. The van der Waals surface area contributed by atoms with E-state index in [-0.39, 0.29) is 17.7 Å². The highest BCUT2D eigenvalue weighted by Crippen LogP contribution is 2.42. The summed E-state index contributed by atoms with van der Waals surface area (Å²) < 4.78 is 21.1. The minimum Gasteiger partial charge on any atom is -0.340 e. The van der Waals surface area contributed by atoms with Gasteiger partial charge >= 0.3 is 0 Å². The lowest BCUT2D eigenvalue weighted by Crippen LogP contribution is -2.30. The number of aliphatic imine (C=N–C) groups is 1. The van der Waals surface area contributed by atoms with Gasteiger partial charge in [0.15, 0.2) is 31.4 Å². The highest BCUT2D eigenvalue weighted by atomic mass is 17.0. The molecule has 1 aliphatic heterocycles. The monoisotopic (exact) mass is 456 g/mol. The summed E-state index contributed by atoms with van der Waals surface area (Å²) in [6, 6.07) is 0. The third-order valence-electron chi connectivity index (χ3n) is 4.88. The van der Waals surface area contributed by atoms with Crippen molar-refractivity contribution in [3.05, 3.63) is 55.6 Å². The average Bonchev–Trinajstić information content (AvgIpc) is 3.64. The van der Waals surface area contributed by atoms with Gasteiger partial charge in [-0.05, 0) is 18.8 Å². The first-order chi connectivity index (χ1) is 16.4. The van der Waals surface area contributed by atoms with Crippen LogP contribution in [-0.4, -0.2) is 52.1 Å². The molecule has 16 heteroatoms. The van der Waals surface area contributed by atoms with Crippen molar-refractivity contribution in [2.24, 2.45) is 10.9 Å². The molecule has 3 atom stereocenters. The highest BCUT2D eigenvalue weighted by Gasteiger charge is 2.42. The van der Waals surface area contributed by atoms with Gasteiger partial charge < -0.3 is 18.1 Å². The van der Waals surface area contributed by atoms with Crippen LogP contribution in [0.25, 0.3) is 0 Å². The van der Waals surface area contributed by atoms with E-state index in [1.54, 1.807) is 0 Å². The summed E-state index contributed by atoms with van der Waals surface area (Å²) in [4.78, 5) is 31.5. The largest absolute Gasteiger partial charge is 0.340 e. The molecule has 33 heavy (non-hydrogen) atoms. The normalized spacial score (nSPS) is 16.3. The number of hydroxylamine groups is 2. The van der Waals surface area contributed by atoms with Gasteiger partial charge in [0.05, 0.1) is 5.92 Å². The molecule has 0 N–H and O–H groups in total. The fourth-order valence-electron chi connectivity index (χ4n) is 3.53. The fraction of sp³-hybridized carbons (Fsp3) is 0.412. The molecule has 0 bridgehead atoms. The first-order valence-electron chi connectivity index (χ1n) is 9.82. The van der Waals surface area contributed by atoms with E-state index >= 15 is 0 Å². The van der Waals surface area contributed by atoms with Crippen LogP contribution in [-0.2, 0) is 22.5 Å². The van der Waals surface area contributed by atoms with E-state index in [0.717, 1.165) is 12.0 Å². The molecule has 0 amide bonds. The lowest BCUT2D eigenvalue weighted by molar-refractivity contribution is -0.321. The molecular formula is C17H16N10O6. The molecule has 4 aromatic rings. The standard InChI is InChI=1S/C17H16N10O6/c1(3-12-19-5-23-29-12)2-11(4-13-20-6-24-30-13)14(16-21-7-25-31-16)15(17-22-8-26-32-17)33-27-9-18-10-28-27/h5-8,10-11,14-15H,1-4H2. The second-order valence-corrected chi connectivity index (χ2v) is 6.83. The van der Waals surface area contributed by atoms with Crippen LogP contribution in [0.15, 0.2) is 48.4 Å². The van der Waals surface area contributed by atoms with Crippen LogP contribution < -0.4 is 0 Å². The molecule has 0 fully saturated rings. The quantitative estimate of drug-likeness (QED) is 0.294. The van der Waals surface area contributed by atoms with Gasteiger partial charge in [0.1, 0.15) is 0 Å². The van der Waals surface area contributed by atoms with Gasteiger partial charge in [-0.1, -0.05) is 25.9 Å². The van der Waals surface area contributed by atoms with Crippen LogP contribution in [0.4, 0.5) is 0 Å². The Morgan fingerprint density at radius 2 is 1.55 bits per heavy atom. The van der Waals surface area contributed by atoms with Crippen LogP contribution in [0.5, 0.6) is 0 Å². The van der Waals surface area contributed by atoms with Crippen molar-refractivity contribution < 1.29 is 27.8 Å². The topological polar surface area (TPSA) is 190 Å². The van der Waals surface area contributed by atoms with E-state index in [1.807, 2.05) is 0 Å². The van der Waals surface area contributed by atoms with Gasteiger partial charge in [-0.15, -0.1) is 0 Å². The van der Waals surface area contributed by atoms with Crippen molar-refractivity contribution in [3.8, 4) is 0 Å². The zero-order chi connectivity index (χ0) is 22.3. The molecule has 2 radical (unpaired) electrons. The summed E-state index contributed by atoms with van der Waals surface area (Å²) in [5.41, 5.74) is 0. The van der Waals surface area contributed by atoms with Gasteiger partial charge in [-0.25, -0.2) is 14.7 Å².